The van der Waals surface area contributed by atoms with Crippen molar-refractivity contribution in [3.63, 3.8) is 0 Å². The molecule has 0 fully saturated rings. The van der Waals surface area contributed by atoms with Gasteiger partial charge in [0.25, 0.3) is 0 Å². The standard InChI is InChI=1S/C12H9Cl2NO2/c1-2-7-8-4-3-6(13)5-9(8)15-11(14)10(7)12(16)17/h3-5H,2H2,1H3,(H,16,17). The van der Waals surface area contributed by atoms with Crippen molar-refractivity contribution in [3.8, 4) is 0 Å². The lowest BCUT2D eigenvalue weighted by Gasteiger charge is -2.09. The second kappa shape index (κ2) is 4.51. The van der Waals surface area contributed by atoms with E-state index in [2.05, 4.69) is 4.98 Å². The molecular formula is C12H9Cl2NO2. The number of hydrogen-bond acceptors (Lipinski definition) is 2. The molecule has 1 N–H and O–H groups in total. The van der Waals surface area contributed by atoms with Crippen molar-refractivity contribution < 1.29 is 9.90 Å². The first kappa shape index (κ1) is 12.1. The molecule has 0 saturated carbocycles. The number of halogens is 2. The normalized spacial score (nSPS) is 10.8. The Labute approximate surface area is 108 Å². The van der Waals surface area contributed by atoms with E-state index < -0.39 is 5.97 Å². The van der Waals surface area contributed by atoms with E-state index >= 15 is 0 Å². The summed E-state index contributed by atoms with van der Waals surface area (Å²) in [7, 11) is 0. The third kappa shape index (κ3) is 2.08. The van der Waals surface area contributed by atoms with Crippen LogP contribution in [0.5, 0.6) is 0 Å². The third-order valence-electron chi connectivity index (χ3n) is 2.58. The van der Waals surface area contributed by atoms with Crippen molar-refractivity contribution in [3.05, 3.63) is 39.5 Å². The molecule has 5 heteroatoms. The lowest BCUT2D eigenvalue weighted by atomic mass is 10.0. The van der Waals surface area contributed by atoms with Crippen LogP contribution in [0.3, 0.4) is 0 Å². The smallest absolute Gasteiger partial charge is 0.339 e. The monoisotopic (exact) mass is 269 g/mol. The topological polar surface area (TPSA) is 50.2 Å². The molecule has 3 nitrogen and oxygen atoms in total. The Morgan fingerprint density at radius 3 is 2.71 bits per heavy atom. The predicted octanol–water partition coefficient (Wildman–Crippen LogP) is 3.80. The largest absolute Gasteiger partial charge is 0.478 e. The number of rotatable bonds is 2. The first-order chi connectivity index (χ1) is 8.04. The van der Waals surface area contributed by atoms with E-state index in [0.717, 1.165) is 5.39 Å². The molecule has 0 atom stereocenters. The maximum absolute atomic E-state index is 11.2. The molecule has 0 radical (unpaired) electrons. The molecule has 0 aliphatic rings. The van der Waals surface area contributed by atoms with Crippen LogP contribution in [-0.4, -0.2) is 16.1 Å². The number of aromatic carboxylic acids is 1. The number of fused-ring (bicyclic) bond motifs is 1. The minimum atomic E-state index is -1.06. The zero-order valence-electron chi connectivity index (χ0n) is 9.00. The van der Waals surface area contributed by atoms with Crippen LogP contribution in [-0.2, 0) is 6.42 Å². The molecular weight excluding hydrogens is 261 g/mol. The number of carbonyl (C=O) groups is 1. The number of benzene rings is 1. The van der Waals surface area contributed by atoms with Gasteiger partial charge in [-0.15, -0.1) is 0 Å². The van der Waals surface area contributed by atoms with Crippen molar-refractivity contribution in [2.75, 3.05) is 0 Å². The molecule has 0 spiro atoms. The van der Waals surface area contributed by atoms with Crippen LogP contribution >= 0.6 is 23.2 Å². The summed E-state index contributed by atoms with van der Waals surface area (Å²) in [6.07, 6.45) is 0.571. The number of nitrogens with zero attached hydrogens (tertiary/aromatic N) is 1. The van der Waals surface area contributed by atoms with Crippen molar-refractivity contribution in [1.29, 1.82) is 0 Å². The average Bonchev–Trinajstić information content (AvgIpc) is 2.26. The van der Waals surface area contributed by atoms with Gasteiger partial charge >= 0.3 is 5.97 Å². The van der Waals surface area contributed by atoms with Crippen molar-refractivity contribution >= 4 is 40.1 Å². The second-order valence-electron chi connectivity index (χ2n) is 3.58. The predicted molar refractivity (Wildman–Crippen MR) is 68.1 cm³/mol. The first-order valence-corrected chi connectivity index (χ1v) is 5.81. The fourth-order valence-electron chi connectivity index (χ4n) is 1.86. The van der Waals surface area contributed by atoms with Gasteiger partial charge in [0.2, 0.25) is 0 Å². The van der Waals surface area contributed by atoms with E-state index in [0.29, 0.717) is 22.5 Å². The summed E-state index contributed by atoms with van der Waals surface area (Å²) in [6.45, 7) is 1.88. The van der Waals surface area contributed by atoms with Gasteiger partial charge in [-0.1, -0.05) is 36.2 Å². The molecule has 0 amide bonds. The Morgan fingerprint density at radius 1 is 1.41 bits per heavy atom. The van der Waals surface area contributed by atoms with E-state index in [1.807, 2.05) is 6.92 Å². The molecule has 2 aromatic rings. The van der Waals surface area contributed by atoms with Gasteiger partial charge in [-0.25, -0.2) is 9.78 Å². The summed E-state index contributed by atoms with van der Waals surface area (Å²) in [5.41, 5.74) is 1.37. The number of carboxylic acids is 1. The molecule has 1 aromatic heterocycles. The zero-order valence-corrected chi connectivity index (χ0v) is 10.5. The summed E-state index contributed by atoms with van der Waals surface area (Å²) in [5.74, 6) is -1.06. The highest BCUT2D eigenvalue weighted by Gasteiger charge is 2.18. The minimum Gasteiger partial charge on any atom is -0.478 e. The maximum atomic E-state index is 11.2. The summed E-state index contributed by atoms with van der Waals surface area (Å²) < 4.78 is 0. The number of carboxylic acid groups (broad SMARTS) is 1. The van der Waals surface area contributed by atoms with Gasteiger partial charge < -0.3 is 5.11 Å². The van der Waals surface area contributed by atoms with Crippen LogP contribution in [0.1, 0.15) is 22.8 Å². The summed E-state index contributed by atoms with van der Waals surface area (Å²) in [6, 6.07) is 5.16. The number of aromatic nitrogens is 1. The Bertz CT molecular complexity index is 611. The van der Waals surface area contributed by atoms with Crippen LogP contribution in [0.15, 0.2) is 18.2 Å². The number of aryl methyl sites for hydroxylation is 1. The third-order valence-corrected chi connectivity index (χ3v) is 3.09. The van der Waals surface area contributed by atoms with Gasteiger partial charge in [-0.2, -0.15) is 0 Å². The van der Waals surface area contributed by atoms with Crippen molar-refractivity contribution in [2.45, 2.75) is 13.3 Å². The highest BCUT2D eigenvalue weighted by molar-refractivity contribution is 6.33. The summed E-state index contributed by atoms with van der Waals surface area (Å²) in [4.78, 5) is 15.2. The van der Waals surface area contributed by atoms with Gasteiger partial charge in [0.05, 0.1) is 5.52 Å². The molecule has 1 heterocycles. The van der Waals surface area contributed by atoms with Gasteiger partial charge in [-0.05, 0) is 24.1 Å². The van der Waals surface area contributed by atoms with E-state index in [-0.39, 0.29) is 10.7 Å². The first-order valence-electron chi connectivity index (χ1n) is 5.05. The Balaban J connectivity index is 2.90. The molecule has 2 rings (SSSR count). The second-order valence-corrected chi connectivity index (χ2v) is 4.37. The van der Waals surface area contributed by atoms with Crippen molar-refractivity contribution in [2.24, 2.45) is 0 Å². The fraction of sp³-hybridized carbons (Fsp3) is 0.167. The SMILES string of the molecule is CCc1c(C(=O)O)c(Cl)nc2cc(Cl)ccc12. The zero-order chi connectivity index (χ0) is 12.6. The molecule has 0 saturated heterocycles. The van der Waals surface area contributed by atoms with Crippen LogP contribution in [0.2, 0.25) is 10.2 Å². The van der Waals surface area contributed by atoms with Crippen LogP contribution in [0, 0.1) is 0 Å². The number of hydrogen-bond donors (Lipinski definition) is 1. The fourth-order valence-corrected chi connectivity index (χ4v) is 2.31. The van der Waals surface area contributed by atoms with Gasteiger partial charge in [-0.3, -0.25) is 0 Å². The van der Waals surface area contributed by atoms with E-state index in [4.69, 9.17) is 28.3 Å². The highest BCUT2D eigenvalue weighted by atomic mass is 35.5. The Hall–Kier alpha value is -1.32. The van der Waals surface area contributed by atoms with Gasteiger partial charge in [0.1, 0.15) is 10.7 Å². The highest BCUT2D eigenvalue weighted by Crippen LogP contribution is 2.28. The molecule has 88 valence electrons. The Morgan fingerprint density at radius 2 is 2.12 bits per heavy atom. The minimum absolute atomic E-state index is 0.00381. The van der Waals surface area contributed by atoms with Crippen molar-refractivity contribution in [1.82, 2.24) is 4.98 Å². The lowest BCUT2D eigenvalue weighted by Crippen LogP contribution is -2.05. The quantitative estimate of drug-likeness (QED) is 0.844. The van der Waals surface area contributed by atoms with Gasteiger partial charge in [0, 0.05) is 10.4 Å². The molecule has 0 unspecified atom stereocenters. The maximum Gasteiger partial charge on any atom is 0.339 e. The lowest BCUT2D eigenvalue weighted by molar-refractivity contribution is 0.0696. The van der Waals surface area contributed by atoms with Crippen LogP contribution in [0.4, 0.5) is 0 Å². The van der Waals surface area contributed by atoms with Crippen LogP contribution in [0.25, 0.3) is 10.9 Å². The van der Waals surface area contributed by atoms with E-state index in [9.17, 15) is 4.79 Å². The molecule has 0 bridgehead atoms. The summed E-state index contributed by atoms with van der Waals surface area (Å²) in [5, 5.41) is 10.5. The number of pyridine rings is 1. The van der Waals surface area contributed by atoms with Crippen LogP contribution < -0.4 is 0 Å². The molecule has 0 aliphatic heterocycles. The van der Waals surface area contributed by atoms with E-state index in [1.165, 1.54) is 0 Å². The summed E-state index contributed by atoms with van der Waals surface area (Å²) >= 11 is 11.8. The molecule has 17 heavy (non-hydrogen) atoms. The Kier molecular flexibility index (Phi) is 3.22. The molecule has 0 aliphatic carbocycles. The average molecular weight is 270 g/mol. The van der Waals surface area contributed by atoms with E-state index in [1.54, 1.807) is 18.2 Å². The molecule has 1 aromatic carbocycles. The van der Waals surface area contributed by atoms with Gasteiger partial charge in [0.15, 0.2) is 0 Å².